The van der Waals surface area contributed by atoms with E-state index in [9.17, 15) is 4.79 Å². The predicted octanol–water partition coefficient (Wildman–Crippen LogP) is 2.55. The molecule has 0 saturated heterocycles. The minimum atomic E-state index is -0.161. The second-order valence-corrected chi connectivity index (χ2v) is 5.54. The number of nitrogens with one attached hydrogen (secondary N) is 1. The molecule has 1 amide bonds. The molecule has 0 radical (unpaired) electrons. The molecule has 1 aromatic heterocycles. The second-order valence-electron chi connectivity index (χ2n) is 3.87. The summed E-state index contributed by atoms with van der Waals surface area (Å²) in [5, 5.41) is 6.65. The van der Waals surface area contributed by atoms with E-state index in [2.05, 4.69) is 30.8 Å². The van der Waals surface area contributed by atoms with E-state index in [0.717, 1.165) is 27.3 Å². The number of nitrogens with zero attached hydrogens (tertiary/aromatic N) is 2. The highest BCUT2D eigenvalue weighted by atomic mass is 79.9. The highest BCUT2D eigenvalue weighted by Crippen LogP contribution is 2.21. The van der Waals surface area contributed by atoms with Crippen molar-refractivity contribution in [2.45, 2.75) is 13.5 Å². The third-order valence-corrected chi connectivity index (χ3v) is 3.76. The summed E-state index contributed by atoms with van der Waals surface area (Å²) in [6.07, 6.45) is 0. The van der Waals surface area contributed by atoms with Gasteiger partial charge in [0.25, 0.3) is 5.91 Å². The molecule has 0 bridgehead atoms. The smallest absolute Gasteiger partial charge is 0.265 e. The van der Waals surface area contributed by atoms with Gasteiger partial charge in [0.05, 0.1) is 12.8 Å². The Balaban J connectivity index is 2.05. The molecule has 2 aromatic rings. The Morgan fingerprint density at radius 2 is 2.26 bits per heavy atom. The van der Waals surface area contributed by atoms with Crippen LogP contribution in [0.5, 0.6) is 5.75 Å². The number of ether oxygens (including phenoxy) is 1. The minimum absolute atomic E-state index is 0.161. The van der Waals surface area contributed by atoms with Gasteiger partial charge in [-0.1, -0.05) is 20.4 Å². The molecular formula is C12H12BrN3O2S. The minimum Gasteiger partial charge on any atom is -0.497 e. The van der Waals surface area contributed by atoms with Crippen LogP contribution in [-0.4, -0.2) is 22.6 Å². The second kappa shape index (κ2) is 6.12. The van der Waals surface area contributed by atoms with Crippen molar-refractivity contribution in [3.63, 3.8) is 0 Å². The van der Waals surface area contributed by atoms with Crippen LogP contribution in [0, 0.1) is 6.92 Å². The number of methoxy groups -OCH3 is 1. The van der Waals surface area contributed by atoms with Gasteiger partial charge in [0, 0.05) is 11.0 Å². The SMILES string of the molecule is COc1cc(Br)cc(CNC(=O)c2snnc2C)c1. The highest BCUT2D eigenvalue weighted by molar-refractivity contribution is 9.10. The van der Waals surface area contributed by atoms with Crippen LogP contribution in [0.25, 0.3) is 0 Å². The summed E-state index contributed by atoms with van der Waals surface area (Å²) in [5.74, 6) is 0.584. The topological polar surface area (TPSA) is 64.1 Å². The summed E-state index contributed by atoms with van der Waals surface area (Å²) in [4.78, 5) is 12.5. The first-order valence-electron chi connectivity index (χ1n) is 5.50. The Morgan fingerprint density at radius 3 is 2.89 bits per heavy atom. The summed E-state index contributed by atoms with van der Waals surface area (Å²) >= 11 is 4.50. The van der Waals surface area contributed by atoms with Crippen molar-refractivity contribution in [2.24, 2.45) is 0 Å². The molecule has 0 spiro atoms. The van der Waals surface area contributed by atoms with Gasteiger partial charge >= 0.3 is 0 Å². The summed E-state index contributed by atoms with van der Waals surface area (Å²) in [7, 11) is 1.61. The molecule has 0 fully saturated rings. The van der Waals surface area contributed by atoms with E-state index in [1.807, 2.05) is 18.2 Å². The first-order chi connectivity index (χ1) is 9.10. The van der Waals surface area contributed by atoms with E-state index < -0.39 is 0 Å². The largest absolute Gasteiger partial charge is 0.497 e. The van der Waals surface area contributed by atoms with Crippen molar-refractivity contribution in [3.05, 3.63) is 38.8 Å². The van der Waals surface area contributed by atoms with Crippen molar-refractivity contribution >= 4 is 33.4 Å². The van der Waals surface area contributed by atoms with Gasteiger partial charge in [-0.25, -0.2) is 0 Å². The predicted molar refractivity (Wildman–Crippen MR) is 76.5 cm³/mol. The molecule has 1 N–H and O–H groups in total. The van der Waals surface area contributed by atoms with Crippen molar-refractivity contribution in [3.8, 4) is 5.75 Å². The summed E-state index contributed by atoms with van der Waals surface area (Å²) < 4.78 is 9.82. The normalized spacial score (nSPS) is 10.3. The molecule has 1 aromatic carbocycles. The molecule has 0 unspecified atom stereocenters. The lowest BCUT2D eigenvalue weighted by Gasteiger charge is -2.07. The molecule has 0 aliphatic heterocycles. The third kappa shape index (κ3) is 3.51. The molecule has 0 atom stereocenters. The van der Waals surface area contributed by atoms with Crippen molar-refractivity contribution in [1.82, 2.24) is 14.9 Å². The monoisotopic (exact) mass is 341 g/mol. The van der Waals surface area contributed by atoms with Gasteiger partial charge in [0.1, 0.15) is 10.6 Å². The maximum Gasteiger partial charge on any atom is 0.265 e. The number of aryl methyl sites for hydroxylation is 1. The van der Waals surface area contributed by atoms with E-state index in [1.165, 1.54) is 0 Å². The first kappa shape index (κ1) is 14.0. The molecule has 1 heterocycles. The molecule has 0 aliphatic carbocycles. The van der Waals surface area contributed by atoms with Gasteiger partial charge < -0.3 is 10.1 Å². The van der Waals surface area contributed by atoms with Gasteiger partial charge in [-0.3, -0.25) is 4.79 Å². The number of hydrogen-bond acceptors (Lipinski definition) is 5. The van der Waals surface area contributed by atoms with Gasteiger partial charge in [0.15, 0.2) is 0 Å². The van der Waals surface area contributed by atoms with Crippen LogP contribution < -0.4 is 10.1 Å². The summed E-state index contributed by atoms with van der Waals surface area (Å²) in [6.45, 7) is 2.19. The number of carbonyl (C=O) groups excluding carboxylic acids is 1. The van der Waals surface area contributed by atoms with Crippen LogP contribution >= 0.6 is 27.5 Å². The zero-order valence-corrected chi connectivity index (χ0v) is 12.8. The lowest BCUT2D eigenvalue weighted by molar-refractivity contribution is 0.0954. The number of benzene rings is 1. The van der Waals surface area contributed by atoms with Crippen molar-refractivity contribution in [1.29, 1.82) is 0 Å². The number of aromatic nitrogens is 2. The van der Waals surface area contributed by atoms with Crippen LogP contribution in [0.1, 0.15) is 20.9 Å². The zero-order chi connectivity index (χ0) is 13.8. The van der Waals surface area contributed by atoms with E-state index in [1.54, 1.807) is 14.0 Å². The van der Waals surface area contributed by atoms with E-state index in [4.69, 9.17) is 4.74 Å². The van der Waals surface area contributed by atoms with Crippen LogP contribution in [0.2, 0.25) is 0 Å². The number of hydrogen-bond donors (Lipinski definition) is 1. The Bertz CT molecular complexity index is 600. The maximum absolute atomic E-state index is 11.9. The molecular weight excluding hydrogens is 330 g/mol. The molecule has 19 heavy (non-hydrogen) atoms. The first-order valence-corrected chi connectivity index (χ1v) is 7.07. The molecule has 7 heteroatoms. The molecule has 0 saturated carbocycles. The average molecular weight is 342 g/mol. The van der Waals surface area contributed by atoms with E-state index >= 15 is 0 Å². The Kier molecular flexibility index (Phi) is 4.49. The molecule has 2 rings (SSSR count). The van der Waals surface area contributed by atoms with E-state index in [0.29, 0.717) is 17.1 Å². The van der Waals surface area contributed by atoms with Gasteiger partial charge in [-0.15, -0.1) is 5.10 Å². The summed E-state index contributed by atoms with van der Waals surface area (Å²) in [6, 6.07) is 5.67. The standard InChI is InChI=1S/C12H12BrN3O2S/c1-7-11(19-16-15-7)12(17)14-6-8-3-9(13)5-10(4-8)18-2/h3-5H,6H2,1-2H3,(H,14,17). The van der Waals surface area contributed by atoms with Crippen LogP contribution in [0.15, 0.2) is 22.7 Å². The van der Waals surface area contributed by atoms with E-state index in [-0.39, 0.29) is 5.91 Å². The van der Waals surface area contributed by atoms with Crippen molar-refractivity contribution < 1.29 is 9.53 Å². The quantitative estimate of drug-likeness (QED) is 0.928. The van der Waals surface area contributed by atoms with Gasteiger partial charge in [-0.05, 0) is 42.2 Å². The van der Waals surface area contributed by atoms with Crippen LogP contribution in [0.3, 0.4) is 0 Å². The number of carbonyl (C=O) groups is 1. The number of halogens is 1. The van der Waals surface area contributed by atoms with Crippen molar-refractivity contribution in [2.75, 3.05) is 7.11 Å². The molecule has 0 aliphatic rings. The fourth-order valence-corrected chi connectivity index (χ4v) is 2.64. The summed E-state index contributed by atoms with van der Waals surface area (Å²) in [5.41, 5.74) is 1.60. The molecule has 100 valence electrons. The lowest BCUT2D eigenvalue weighted by atomic mass is 10.2. The fraction of sp³-hybridized carbons (Fsp3) is 0.250. The maximum atomic E-state index is 11.9. The Hall–Kier alpha value is -1.47. The zero-order valence-electron chi connectivity index (χ0n) is 10.4. The highest BCUT2D eigenvalue weighted by Gasteiger charge is 2.12. The van der Waals surface area contributed by atoms with Gasteiger partial charge in [-0.2, -0.15) is 0 Å². The van der Waals surface area contributed by atoms with Crippen LogP contribution in [0.4, 0.5) is 0 Å². The molecule has 5 nitrogen and oxygen atoms in total. The number of rotatable bonds is 4. The lowest BCUT2D eigenvalue weighted by Crippen LogP contribution is -2.22. The van der Waals surface area contributed by atoms with Crippen LogP contribution in [-0.2, 0) is 6.54 Å². The third-order valence-electron chi connectivity index (χ3n) is 2.48. The Morgan fingerprint density at radius 1 is 1.47 bits per heavy atom. The fourth-order valence-electron chi connectivity index (χ4n) is 1.54. The Labute approximate surface area is 123 Å². The number of amides is 1. The average Bonchev–Trinajstić information content (AvgIpc) is 2.81. The van der Waals surface area contributed by atoms with Gasteiger partial charge in [0.2, 0.25) is 0 Å².